The smallest absolute Gasteiger partial charge is 0.171 e. The molecule has 1 saturated heterocycles. The van der Waals surface area contributed by atoms with Crippen molar-refractivity contribution in [3.63, 3.8) is 0 Å². The summed E-state index contributed by atoms with van der Waals surface area (Å²) in [6.45, 7) is 32.6. The number of nitrogens with two attached hydrogens (primary N) is 1. The molecule has 2 nitrogen and oxygen atoms in total. The van der Waals surface area contributed by atoms with Crippen molar-refractivity contribution < 1.29 is 4.43 Å². The van der Waals surface area contributed by atoms with Crippen LogP contribution in [0.1, 0.15) is 61.3 Å². The van der Waals surface area contributed by atoms with Gasteiger partial charge < -0.3 is 10.2 Å². The third-order valence-electron chi connectivity index (χ3n) is 6.91. The van der Waals surface area contributed by atoms with Gasteiger partial charge in [0, 0.05) is 13.7 Å². The van der Waals surface area contributed by atoms with Crippen molar-refractivity contribution in [3.8, 4) is 0 Å². The van der Waals surface area contributed by atoms with Crippen LogP contribution in [-0.4, -0.2) is 35.2 Å². The van der Waals surface area contributed by atoms with Crippen LogP contribution in [0.3, 0.4) is 0 Å². The van der Waals surface area contributed by atoms with E-state index in [0.717, 1.165) is 18.5 Å². The van der Waals surface area contributed by atoms with Crippen molar-refractivity contribution in [1.29, 1.82) is 0 Å². The van der Waals surface area contributed by atoms with Gasteiger partial charge in [-0.05, 0) is 55.8 Å². The quantitative estimate of drug-likeness (QED) is 0.543. The summed E-state index contributed by atoms with van der Waals surface area (Å²) in [4.78, 5) is 0. The van der Waals surface area contributed by atoms with E-state index >= 15 is 0 Å². The molecule has 1 aliphatic heterocycles. The molecule has 0 aromatic heterocycles. The Morgan fingerprint density at radius 2 is 1.32 bits per heavy atom. The molecule has 0 amide bonds. The summed E-state index contributed by atoms with van der Waals surface area (Å²) < 4.78 is 6.60. The van der Waals surface area contributed by atoms with E-state index in [1.807, 2.05) is 0 Å². The van der Waals surface area contributed by atoms with Gasteiger partial charge in [-0.15, -0.1) is 0 Å². The molecule has 0 bridgehead atoms. The van der Waals surface area contributed by atoms with E-state index in [9.17, 15) is 0 Å². The van der Waals surface area contributed by atoms with Crippen LogP contribution in [0, 0.1) is 10.8 Å². The monoisotopic (exact) mass is 403 g/mol. The lowest BCUT2D eigenvalue weighted by atomic mass is 9.89. The van der Waals surface area contributed by atoms with Gasteiger partial charge >= 0.3 is 0 Å². The second kappa shape index (κ2) is 8.29. The number of hydrogen-bond donors (Lipinski definition) is 1. The predicted octanol–water partition coefficient (Wildman–Crippen LogP) is 6.37. The standard InChI is InChI=1S/C13H32OSi3.C7H17N/c1-11-12(13(2,3)4)15(5,6)17(9,10)16(7,8)14-11;1-7(2,3)5-4-6-8/h11-12H,1-10H3;4-6,8H2,1-3H3. The van der Waals surface area contributed by atoms with Crippen molar-refractivity contribution in [2.45, 2.75) is 112 Å². The largest absolute Gasteiger partial charge is 0.418 e. The van der Waals surface area contributed by atoms with Crippen LogP contribution in [0.25, 0.3) is 0 Å². The van der Waals surface area contributed by atoms with Crippen molar-refractivity contribution in [1.82, 2.24) is 0 Å². The topological polar surface area (TPSA) is 35.2 Å². The van der Waals surface area contributed by atoms with Gasteiger partial charge in [0.15, 0.2) is 7.83 Å². The van der Waals surface area contributed by atoms with E-state index in [4.69, 9.17) is 10.2 Å². The molecule has 1 fully saturated rings. The summed E-state index contributed by atoms with van der Waals surface area (Å²) in [6, 6.07) is 0. The van der Waals surface area contributed by atoms with Gasteiger partial charge in [0.2, 0.25) is 0 Å². The summed E-state index contributed by atoms with van der Waals surface area (Å²) in [5, 5.41) is 0. The lowest BCUT2D eigenvalue weighted by molar-refractivity contribution is 0.150. The van der Waals surface area contributed by atoms with Crippen LogP contribution < -0.4 is 5.73 Å². The van der Waals surface area contributed by atoms with Crippen LogP contribution >= 0.6 is 0 Å². The fraction of sp³-hybridized carbons (Fsp3) is 1.00. The molecule has 2 atom stereocenters. The summed E-state index contributed by atoms with van der Waals surface area (Å²) in [5.74, 6) is 0. The highest BCUT2D eigenvalue weighted by atomic mass is 29.6. The fourth-order valence-electron chi connectivity index (χ4n) is 4.85. The van der Waals surface area contributed by atoms with Gasteiger partial charge in [-0.1, -0.05) is 67.7 Å². The average Bonchev–Trinajstić information content (AvgIpc) is 2.31. The van der Waals surface area contributed by atoms with Gasteiger partial charge in [0.1, 0.15) is 0 Å². The van der Waals surface area contributed by atoms with Crippen LogP contribution in [0.5, 0.6) is 0 Å². The minimum Gasteiger partial charge on any atom is -0.418 e. The molecule has 0 saturated carbocycles. The molecule has 0 spiro atoms. The maximum absolute atomic E-state index is 6.60. The van der Waals surface area contributed by atoms with Gasteiger partial charge in [-0.25, -0.2) is 0 Å². The second-order valence-corrected chi connectivity index (χ2v) is 39.0. The maximum atomic E-state index is 6.60. The van der Waals surface area contributed by atoms with Crippen LogP contribution in [0.2, 0.25) is 44.8 Å². The van der Waals surface area contributed by atoms with Gasteiger partial charge in [0.25, 0.3) is 0 Å². The summed E-state index contributed by atoms with van der Waals surface area (Å²) >= 11 is 0. The molecular weight excluding hydrogens is 354 g/mol. The van der Waals surface area contributed by atoms with Crippen LogP contribution in [-0.2, 0) is 4.43 Å². The highest BCUT2D eigenvalue weighted by molar-refractivity contribution is 7.68. The molecule has 0 aromatic rings. The number of rotatable bonds is 2. The molecule has 2 unspecified atom stereocenters. The maximum Gasteiger partial charge on any atom is 0.171 e. The minimum absolute atomic E-state index is 0.393. The third-order valence-corrected chi connectivity index (χ3v) is 48.2. The zero-order valence-corrected chi connectivity index (χ0v) is 22.8. The first-order valence-electron chi connectivity index (χ1n) is 10.2. The molecule has 5 heteroatoms. The van der Waals surface area contributed by atoms with Gasteiger partial charge in [-0.3, -0.25) is 0 Å². The first-order chi connectivity index (χ1) is 10.8. The average molecular weight is 404 g/mol. The lowest BCUT2D eigenvalue weighted by Gasteiger charge is -2.61. The van der Waals surface area contributed by atoms with Crippen LogP contribution in [0.15, 0.2) is 0 Å². The number of hydrogen-bond acceptors (Lipinski definition) is 2. The fourth-order valence-corrected chi connectivity index (χ4v) is 38.4. The Hall–Kier alpha value is 0.571. The van der Waals surface area contributed by atoms with E-state index in [2.05, 4.69) is 87.7 Å². The molecule has 1 aliphatic rings. The van der Waals surface area contributed by atoms with Crippen molar-refractivity contribution in [2.75, 3.05) is 6.54 Å². The predicted molar refractivity (Wildman–Crippen MR) is 124 cm³/mol. The van der Waals surface area contributed by atoms with E-state index in [1.165, 1.54) is 6.42 Å². The summed E-state index contributed by atoms with van der Waals surface area (Å²) in [5.41, 5.74) is 7.00. The molecule has 1 heterocycles. The van der Waals surface area contributed by atoms with E-state index in [0.29, 0.717) is 16.9 Å². The van der Waals surface area contributed by atoms with Crippen molar-refractivity contribution in [3.05, 3.63) is 0 Å². The Labute approximate surface area is 162 Å². The highest BCUT2D eigenvalue weighted by Gasteiger charge is 2.63. The van der Waals surface area contributed by atoms with Crippen LogP contribution in [0.4, 0.5) is 0 Å². The SMILES string of the molecule is CC(C)(C)CCCN.CC1O[Si](C)(C)[Si](C)(C)[Si](C)(C)C1C(C)(C)C. The zero-order valence-electron chi connectivity index (χ0n) is 19.8. The summed E-state index contributed by atoms with van der Waals surface area (Å²) in [7, 11) is -3.85. The molecule has 0 radical (unpaired) electrons. The molecule has 0 aliphatic carbocycles. The molecule has 2 N–H and O–H groups in total. The second-order valence-electron chi connectivity index (χ2n) is 12.0. The molecule has 25 heavy (non-hydrogen) atoms. The molecule has 1 rings (SSSR count). The lowest BCUT2D eigenvalue weighted by Crippen LogP contribution is -2.79. The van der Waals surface area contributed by atoms with E-state index in [-0.39, 0.29) is 0 Å². The van der Waals surface area contributed by atoms with Gasteiger partial charge in [-0.2, -0.15) is 0 Å². The summed E-state index contributed by atoms with van der Waals surface area (Å²) in [6.07, 6.45) is 2.87. The normalized spacial score (nSPS) is 28.1. The first kappa shape index (κ1) is 25.6. The molecule has 152 valence electrons. The van der Waals surface area contributed by atoms with E-state index in [1.54, 1.807) is 0 Å². The molecule has 0 aromatic carbocycles. The Morgan fingerprint density at radius 3 is 1.60 bits per heavy atom. The van der Waals surface area contributed by atoms with Crippen molar-refractivity contribution >= 4 is 22.5 Å². The Morgan fingerprint density at radius 1 is 0.880 bits per heavy atom. The Balaban J connectivity index is 0.000000609. The zero-order chi connectivity index (χ0) is 20.5. The highest BCUT2D eigenvalue weighted by Crippen LogP contribution is 2.52. The Kier molecular flexibility index (Phi) is 8.48. The van der Waals surface area contributed by atoms with Crippen molar-refractivity contribution in [2.24, 2.45) is 16.6 Å². The third kappa shape index (κ3) is 6.30. The Bertz CT molecular complexity index is 420. The van der Waals surface area contributed by atoms with Gasteiger partial charge in [0.05, 0.1) is 7.11 Å². The molecular formula is C20H49NOSi3. The first-order valence-corrected chi connectivity index (χ1v) is 21.2. The minimum atomic E-state index is -1.44. The van der Waals surface area contributed by atoms with E-state index < -0.39 is 22.5 Å².